The molecular weight excluding hydrogens is 270 g/mol. The van der Waals surface area contributed by atoms with Gasteiger partial charge in [0.1, 0.15) is 5.69 Å². The highest BCUT2D eigenvalue weighted by Gasteiger charge is 2.27. The summed E-state index contributed by atoms with van der Waals surface area (Å²) >= 11 is 0. The van der Waals surface area contributed by atoms with E-state index in [-0.39, 0.29) is 17.2 Å². The Kier molecular flexibility index (Phi) is 3.06. The van der Waals surface area contributed by atoms with Crippen LogP contribution in [0.4, 0.5) is 11.4 Å². The summed E-state index contributed by atoms with van der Waals surface area (Å²) in [5.74, 6) is -1.26. The van der Waals surface area contributed by atoms with Gasteiger partial charge in [-0.25, -0.2) is 9.78 Å². The van der Waals surface area contributed by atoms with Gasteiger partial charge in [0.25, 0.3) is 5.91 Å². The van der Waals surface area contributed by atoms with Gasteiger partial charge in [0.15, 0.2) is 0 Å². The largest absolute Gasteiger partial charge is 0.478 e. The van der Waals surface area contributed by atoms with Gasteiger partial charge >= 0.3 is 5.97 Å². The van der Waals surface area contributed by atoms with Crippen LogP contribution in [0, 0.1) is 0 Å². The number of nitrogen functional groups attached to an aromatic ring is 1. The number of pyridine rings is 1. The van der Waals surface area contributed by atoms with Crippen LogP contribution >= 0.6 is 0 Å². The summed E-state index contributed by atoms with van der Waals surface area (Å²) < 4.78 is 0. The van der Waals surface area contributed by atoms with Gasteiger partial charge in [-0.2, -0.15) is 0 Å². The van der Waals surface area contributed by atoms with E-state index in [2.05, 4.69) is 4.98 Å². The van der Waals surface area contributed by atoms with E-state index in [0.717, 1.165) is 5.56 Å². The summed E-state index contributed by atoms with van der Waals surface area (Å²) in [5.41, 5.74) is 8.10. The molecule has 0 unspecified atom stereocenters. The first-order valence-electron chi connectivity index (χ1n) is 6.46. The number of carbonyl (C=O) groups excluding carboxylic acids is 1. The lowest BCUT2D eigenvalue weighted by Gasteiger charge is -2.17. The fourth-order valence-corrected chi connectivity index (χ4v) is 2.39. The molecule has 3 N–H and O–H groups in total. The minimum Gasteiger partial charge on any atom is -0.478 e. The minimum absolute atomic E-state index is 0.165. The molecule has 2 aromatic rings. The molecule has 0 radical (unpaired) electrons. The number of aromatic carboxylic acids is 1. The standard InChI is InChI=1S/C15H13N3O3/c16-11-3-4-12(17-8-11)14(19)18-6-5-9-1-2-10(15(20)21)7-13(9)18/h1-4,7-8H,5-6,16H2,(H,20,21). The summed E-state index contributed by atoms with van der Waals surface area (Å²) in [6.07, 6.45) is 2.13. The third kappa shape index (κ3) is 2.31. The van der Waals surface area contributed by atoms with Gasteiger partial charge in [-0.1, -0.05) is 6.07 Å². The number of nitrogens with two attached hydrogens (primary N) is 1. The second-order valence-corrected chi connectivity index (χ2v) is 4.83. The van der Waals surface area contributed by atoms with Crippen molar-refractivity contribution >= 4 is 23.3 Å². The minimum atomic E-state index is -1.01. The van der Waals surface area contributed by atoms with Gasteiger partial charge in [-0.05, 0) is 36.2 Å². The van der Waals surface area contributed by atoms with Crippen LogP contribution in [0.15, 0.2) is 36.5 Å². The van der Waals surface area contributed by atoms with E-state index in [1.807, 2.05) is 0 Å². The number of nitrogens with zero attached hydrogens (tertiary/aromatic N) is 2. The van der Waals surface area contributed by atoms with E-state index in [0.29, 0.717) is 24.3 Å². The third-order valence-electron chi connectivity index (χ3n) is 3.48. The monoisotopic (exact) mass is 283 g/mol. The summed E-state index contributed by atoms with van der Waals surface area (Å²) in [6.45, 7) is 0.517. The van der Waals surface area contributed by atoms with Crippen molar-refractivity contribution in [3.63, 3.8) is 0 Å². The topological polar surface area (TPSA) is 96.5 Å². The number of amides is 1. The molecule has 1 amide bonds. The molecular formula is C15H13N3O3. The Bertz CT molecular complexity index is 725. The molecule has 1 aromatic heterocycles. The zero-order valence-electron chi connectivity index (χ0n) is 11.1. The summed E-state index contributed by atoms with van der Waals surface area (Å²) in [6, 6.07) is 8.01. The van der Waals surface area contributed by atoms with Crippen LogP contribution in [0.3, 0.4) is 0 Å². The molecule has 3 rings (SSSR count). The lowest BCUT2D eigenvalue weighted by Crippen LogP contribution is -2.29. The molecule has 0 fully saturated rings. The van der Waals surface area contributed by atoms with Gasteiger partial charge in [-0.15, -0.1) is 0 Å². The van der Waals surface area contributed by atoms with Crippen molar-refractivity contribution in [2.24, 2.45) is 0 Å². The van der Waals surface area contributed by atoms with Gasteiger partial charge in [0.05, 0.1) is 17.4 Å². The molecule has 0 saturated carbocycles. The van der Waals surface area contributed by atoms with Crippen LogP contribution in [-0.4, -0.2) is 28.5 Å². The maximum absolute atomic E-state index is 12.5. The van der Waals surface area contributed by atoms with E-state index in [4.69, 9.17) is 10.8 Å². The third-order valence-corrected chi connectivity index (χ3v) is 3.48. The highest BCUT2D eigenvalue weighted by atomic mass is 16.4. The number of carboxylic acid groups (broad SMARTS) is 1. The van der Waals surface area contributed by atoms with E-state index < -0.39 is 5.97 Å². The first-order valence-corrected chi connectivity index (χ1v) is 6.46. The van der Waals surface area contributed by atoms with E-state index in [9.17, 15) is 9.59 Å². The number of rotatable bonds is 2. The number of benzene rings is 1. The summed E-state index contributed by atoms with van der Waals surface area (Å²) in [4.78, 5) is 29.1. The van der Waals surface area contributed by atoms with Crippen LogP contribution < -0.4 is 10.6 Å². The van der Waals surface area contributed by atoms with Crippen molar-refractivity contribution < 1.29 is 14.7 Å². The fraction of sp³-hybridized carbons (Fsp3) is 0.133. The highest BCUT2D eigenvalue weighted by molar-refractivity contribution is 6.06. The molecule has 1 aromatic carbocycles. The van der Waals surface area contributed by atoms with Crippen molar-refractivity contribution in [3.8, 4) is 0 Å². The van der Waals surface area contributed by atoms with Crippen LogP contribution in [-0.2, 0) is 6.42 Å². The number of aromatic nitrogens is 1. The Balaban J connectivity index is 1.96. The second-order valence-electron chi connectivity index (χ2n) is 4.83. The zero-order chi connectivity index (χ0) is 15.0. The van der Waals surface area contributed by atoms with Gasteiger partial charge in [0, 0.05) is 12.2 Å². The van der Waals surface area contributed by atoms with E-state index in [1.54, 1.807) is 29.2 Å². The van der Waals surface area contributed by atoms with Crippen molar-refractivity contribution in [3.05, 3.63) is 53.3 Å². The second kappa shape index (κ2) is 4.90. The predicted octanol–water partition coefficient (Wildman–Crippen LogP) is 1.56. The normalized spacial score (nSPS) is 13.0. The van der Waals surface area contributed by atoms with E-state index in [1.165, 1.54) is 12.3 Å². The first-order chi connectivity index (χ1) is 10.1. The molecule has 0 spiro atoms. The highest BCUT2D eigenvalue weighted by Crippen LogP contribution is 2.30. The van der Waals surface area contributed by atoms with Crippen LogP contribution in [0.2, 0.25) is 0 Å². The fourth-order valence-electron chi connectivity index (χ4n) is 2.39. The van der Waals surface area contributed by atoms with E-state index >= 15 is 0 Å². The van der Waals surface area contributed by atoms with Crippen LogP contribution in [0.25, 0.3) is 0 Å². The average Bonchev–Trinajstić information content (AvgIpc) is 2.90. The quantitative estimate of drug-likeness (QED) is 0.872. The van der Waals surface area contributed by atoms with Gasteiger partial charge in [0.2, 0.25) is 0 Å². The van der Waals surface area contributed by atoms with Gasteiger partial charge < -0.3 is 15.7 Å². The molecule has 106 valence electrons. The molecule has 0 bridgehead atoms. The number of hydrogen-bond acceptors (Lipinski definition) is 4. The lowest BCUT2D eigenvalue weighted by atomic mass is 10.1. The van der Waals surface area contributed by atoms with Crippen molar-refractivity contribution in [1.82, 2.24) is 4.98 Å². The van der Waals surface area contributed by atoms with Gasteiger partial charge in [-0.3, -0.25) is 4.79 Å². The molecule has 6 nitrogen and oxygen atoms in total. The maximum atomic E-state index is 12.5. The SMILES string of the molecule is Nc1ccc(C(=O)N2CCc3ccc(C(=O)O)cc32)nc1. The molecule has 1 aliphatic rings. The van der Waals surface area contributed by atoms with Crippen molar-refractivity contribution in [2.75, 3.05) is 17.2 Å². The summed E-state index contributed by atoms with van der Waals surface area (Å²) in [5, 5.41) is 9.06. The molecule has 1 aliphatic heterocycles. The van der Waals surface area contributed by atoms with Crippen LogP contribution in [0.1, 0.15) is 26.4 Å². The average molecular weight is 283 g/mol. The van der Waals surface area contributed by atoms with Crippen LogP contribution in [0.5, 0.6) is 0 Å². The summed E-state index contributed by atoms with van der Waals surface area (Å²) in [7, 11) is 0. The number of carbonyl (C=O) groups is 2. The zero-order valence-corrected chi connectivity index (χ0v) is 11.1. The molecule has 0 saturated heterocycles. The molecule has 0 aliphatic carbocycles. The molecule has 0 atom stereocenters. The number of hydrogen-bond donors (Lipinski definition) is 2. The number of carboxylic acids is 1. The predicted molar refractivity (Wildman–Crippen MR) is 77.4 cm³/mol. The molecule has 2 heterocycles. The Morgan fingerprint density at radius 3 is 2.71 bits per heavy atom. The number of fused-ring (bicyclic) bond motifs is 1. The van der Waals surface area contributed by atoms with Crippen molar-refractivity contribution in [1.29, 1.82) is 0 Å². The Morgan fingerprint density at radius 1 is 1.24 bits per heavy atom. The Labute approximate surface area is 120 Å². The molecule has 6 heteroatoms. The Hall–Kier alpha value is -2.89. The van der Waals surface area contributed by atoms with Crippen molar-refractivity contribution in [2.45, 2.75) is 6.42 Å². The number of anilines is 2. The Morgan fingerprint density at radius 2 is 2.05 bits per heavy atom. The maximum Gasteiger partial charge on any atom is 0.335 e. The molecule has 21 heavy (non-hydrogen) atoms. The smallest absolute Gasteiger partial charge is 0.335 e. The lowest BCUT2D eigenvalue weighted by molar-refractivity contribution is 0.0696. The first kappa shape index (κ1) is 13.1.